The monoisotopic (exact) mass is 1490 g/mol. The number of benzene rings is 1. The second kappa shape index (κ2) is 42.2. The van der Waals surface area contributed by atoms with E-state index in [-0.39, 0.29) is 111 Å². The van der Waals surface area contributed by atoms with Crippen LogP contribution in [-0.4, -0.2) is 235 Å². The zero-order chi connectivity index (χ0) is 78.7. The van der Waals surface area contributed by atoms with Crippen molar-refractivity contribution >= 4 is 29.3 Å². The maximum atomic E-state index is 13.3. The molecule has 600 valence electrons. The molecule has 0 amide bonds. The highest BCUT2D eigenvalue weighted by Gasteiger charge is 2.51. The highest BCUT2D eigenvalue weighted by atomic mass is 16.7. The van der Waals surface area contributed by atoms with Crippen LogP contribution in [0.25, 0.3) is 0 Å². The number of hydrogen-bond donors (Lipinski definition) is 14. The molecule has 1 aliphatic carbocycles. The van der Waals surface area contributed by atoms with E-state index in [0.29, 0.717) is 49.7 Å². The van der Waals surface area contributed by atoms with Gasteiger partial charge in [0.1, 0.15) is 24.4 Å². The van der Waals surface area contributed by atoms with E-state index in [1.165, 1.54) is 30.4 Å². The van der Waals surface area contributed by atoms with Crippen LogP contribution in [0.2, 0.25) is 0 Å². The summed E-state index contributed by atoms with van der Waals surface area (Å²) >= 11 is 0. The van der Waals surface area contributed by atoms with Crippen LogP contribution in [-0.2, 0) is 47.5 Å². The Morgan fingerprint density at radius 3 is 1.90 bits per heavy atom. The van der Waals surface area contributed by atoms with E-state index < -0.39 is 188 Å². The summed E-state index contributed by atoms with van der Waals surface area (Å²) in [5.41, 5.74) is -0.118. The number of carbonyl (C=O) groups is 5. The second-order valence-electron chi connectivity index (χ2n) is 31.6. The number of fused-ring (bicyclic) bond motifs is 3. The minimum Gasteiger partial charge on any atom is -0.459 e. The van der Waals surface area contributed by atoms with Crippen molar-refractivity contribution in [2.75, 3.05) is 0 Å². The number of ketones is 3. The predicted octanol–water partition coefficient (Wildman–Crippen LogP) is 6.15. The van der Waals surface area contributed by atoms with Gasteiger partial charge in [0.05, 0.1) is 103 Å². The minimum absolute atomic E-state index is 0.00607. The summed E-state index contributed by atoms with van der Waals surface area (Å²) in [5.74, 6) is -8.49. The highest BCUT2D eigenvalue weighted by molar-refractivity contribution is 6.24. The molecule has 4 heterocycles. The SMILES string of the molecule is CC(O)[C@H](C)C1OC(=O)/C=C/[C@H](C)[C@H](O)C[C@H](O)CCCC(O)CC[C@@H](C)[C@H](O)C(=O)[C@@]2(O)C[C@@H](O)C[C@@H](C[C@H](O)CC(O)CC(O)CCCC(O)/C=C/[C@@H]1C)O2.CCC(O[C@H]1C[C@@](C)(O)[C@H](OC2CC[C@H](OC(=O)[C@H](C)[C@H](O)c3ccc4c(c3)C(=O)C=C(C)C4=O)[C@@H](C)O2)[C@H](C)O1)[C@H](C)[C@H](O)C(C)C. The lowest BCUT2D eigenvalue weighted by atomic mass is 9.86. The third kappa shape index (κ3) is 27.6. The molecule has 0 aromatic heterocycles. The van der Waals surface area contributed by atoms with Gasteiger partial charge in [0.2, 0.25) is 11.6 Å². The van der Waals surface area contributed by atoms with Gasteiger partial charge in [-0.2, -0.15) is 0 Å². The molecular formula is C79H128O26. The van der Waals surface area contributed by atoms with E-state index in [1.54, 1.807) is 80.5 Å². The molecule has 1 aromatic carbocycles. The van der Waals surface area contributed by atoms with Crippen LogP contribution in [0.4, 0.5) is 0 Å². The zero-order valence-corrected chi connectivity index (χ0v) is 64.2. The van der Waals surface area contributed by atoms with Crippen molar-refractivity contribution in [3.05, 3.63) is 70.8 Å². The molecule has 4 aliphatic heterocycles. The van der Waals surface area contributed by atoms with E-state index in [2.05, 4.69) is 0 Å². The number of esters is 2. The number of aliphatic hydroxyl groups excluding tert-OH is 12. The molecule has 8 unspecified atom stereocenters. The Morgan fingerprint density at radius 2 is 1.27 bits per heavy atom. The van der Waals surface area contributed by atoms with Crippen LogP contribution in [0.15, 0.2) is 54.2 Å². The van der Waals surface area contributed by atoms with Crippen LogP contribution in [0.1, 0.15) is 245 Å². The third-order valence-electron chi connectivity index (χ3n) is 21.7. The molecule has 2 bridgehead atoms. The molecule has 1 aromatic rings. The van der Waals surface area contributed by atoms with Gasteiger partial charge in [-0.15, -0.1) is 0 Å². The van der Waals surface area contributed by atoms with Crippen LogP contribution in [0.5, 0.6) is 0 Å². The number of rotatable bonds is 14. The molecule has 29 atom stereocenters. The van der Waals surface area contributed by atoms with Gasteiger partial charge in [-0.05, 0) is 173 Å². The molecule has 0 spiro atoms. The Morgan fingerprint density at radius 1 is 0.657 bits per heavy atom. The molecular weight excluding hydrogens is 1360 g/mol. The first-order valence-corrected chi connectivity index (χ1v) is 38.2. The highest BCUT2D eigenvalue weighted by Crippen LogP contribution is 2.39. The first-order chi connectivity index (χ1) is 49.1. The average Bonchev–Trinajstić information content (AvgIpc) is 0.799. The Labute approximate surface area is 620 Å². The van der Waals surface area contributed by atoms with Crippen molar-refractivity contribution in [3.8, 4) is 0 Å². The number of aliphatic hydroxyl groups is 14. The van der Waals surface area contributed by atoms with Gasteiger partial charge < -0.3 is 105 Å². The number of Topliss-reactive ketones (excluding diaryl/α,β-unsaturated/α-hetero) is 2. The van der Waals surface area contributed by atoms with Gasteiger partial charge >= 0.3 is 11.9 Å². The van der Waals surface area contributed by atoms with E-state index in [0.717, 1.165) is 0 Å². The first kappa shape index (κ1) is 91.2. The Balaban J connectivity index is 0.000000382. The lowest BCUT2D eigenvalue weighted by Gasteiger charge is -2.47. The smallest absolute Gasteiger partial charge is 0.330 e. The first-order valence-electron chi connectivity index (χ1n) is 38.2. The number of ether oxygens (including phenoxy) is 7. The maximum absolute atomic E-state index is 13.3. The summed E-state index contributed by atoms with van der Waals surface area (Å²) in [5, 5.41) is 150. The molecule has 26 heteroatoms. The van der Waals surface area contributed by atoms with Gasteiger partial charge in [0.15, 0.2) is 24.1 Å². The lowest BCUT2D eigenvalue weighted by Crippen LogP contribution is -2.58. The summed E-state index contributed by atoms with van der Waals surface area (Å²) in [7, 11) is 0. The van der Waals surface area contributed by atoms with Crippen LogP contribution in [0, 0.1) is 41.4 Å². The fourth-order valence-electron chi connectivity index (χ4n) is 14.6. The normalized spacial score (nSPS) is 38.1. The van der Waals surface area contributed by atoms with Gasteiger partial charge in [-0.3, -0.25) is 19.2 Å². The zero-order valence-electron chi connectivity index (χ0n) is 64.2. The molecule has 105 heavy (non-hydrogen) atoms. The average molecular weight is 1490 g/mol. The summed E-state index contributed by atoms with van der Waals surface area (Å²) in [6.45, 7) is 24.7. The molecule has 3 fully saturated rings. The topological polar surface area (TPSA) is 433 Å². The van der Waals surface area contributed by atoms with Crippen molar-refractivity contribution in [2.24, 2.45) is 41.4 Å². The standard InChI is InChI=1S/C42H74O15.C37H54O11/c1-24-14-17-38(52)56-40(27(4)28(5)43)26(3)13-16-30(45)8-6-10-31(46)18-33(48)19-34(49)20-36-21-35(50)23-42(55,57-36)41(54)39(53)25(2)12-15-29(44)9-7-11-32(47)22-37(24)51;1-10-28(20(5)32(39)18(2)3)46-31-17-37(9,43)35(23(8)45-31)48-30-14-13-29(22(7)44-30)47-36(42)21(6)34(41)24-11-12-25-26(16-24)27(38)15-19(4)33(25)40/h13-14,16-17,24-37,39-40,43-51,53,55H,6-12,15,18-23H2,1-5H3;11-12,15-16,18,20-23,28-32,34-35,39,41,43H,10,13-14,17H2,1-9H3/b16-13+,17-14+;/t24-,25+,26-,27-,28?,29?,30?,31?,32+,33?,34+,35-,36+,37+,39-,40?,42+;20-,21+,22+,23-,28?,29-,30?,31-,32+,34-,35+,37+/m00/s1. The Bertz CT molecular complexity index is 2970. The maximum Gasteiger partial charge on any atom is 0.330 e. The molecule has 5 aliphatic rings. The number of cyclic esters (lactones) is 1. The van der Waals surface area contributed by atoms with E-state index in [9.17, 15) is 95.5 Å². The lowest BCUT2D eigenvalue weighted by molar-refractivity contribution is -0.330. The summed E-state index contributed by atoms with van der Waals surface area (Å²) in [6, 6.07) is 4.51. The van der Waals surface area contributed by atoms with E-state index in [4.69, 9.17) is 33.2 Å². The summed E-state index contributed by atoms with van der Waals surface area (Å²) in [6.07, 6.45) is -7.44. The minimum atomic E-state index is -2.52. The van der Waals surface area contributed by atoms with Crippen molar-refractivity contribution in [1.29, 1.82) is 0 Å². The van der Waals surface area contributed by atoms with Crippen LogP contribution < -0.4 is 0 Å². The number of allylic oxidation sites excluding steroid dienone is 2. The summed E-state index contributed by atoms with van der Waals surface area (Å²) in [4.78, 5) is 64.2. The van der Waals surface area contributed by atoms with Crippen molar-refractivity contribution in [2.45, 2.75) is 352 Å². The largest absolute Gasteiger partial charge is 0.459 e. The quantitative estimate of drug-likeness (QED) is 0.0733. The molecule has 3 saturated heterocycles. The van der Waals surface area contributed by atoms with Crippen LogP contribution in [0.3, 0.4) is 0 Å². The number of carbonyl (C=O) groups excluding carboxylic acids is 5. The molecule has 6 rings (SSSR count). The molecule has 0 saturated carbocycles. The Kier molecular flexibility index (Phi) is 36.6. The summed E-state index contributed by atoms with van der Waals surface area (Å²) < 4.78 is 41.9. The van der Waals surface area contributed by atoms with Gasteiger partial charge in [0.25, 0.3) is 0 Å². The molecule has 14 N–H and O–H groups in total. The van der Waals surface area contributed by atoms with Crippen LogP contribution >= 0.6 is 0 Å². The molecule has 0 radical (unpaired) electrons. The Hall–Kier alpha value is -4.37. The van der Waals surface area contributed by atoms with Gasteiger partial charge in [0, 0.05) is 65.7 Å². The van der Waals surface area contributed by atoms with Crippen molar-refractivity contribution in [3.63, 3.8) is 0 Å². The third-order valence-corrected chi connectivity index (χ3v) is 21.7. The number of hydrogen-bond acceptors (Lipinski definition) is 26. The van der Waals surface area contributed by atoms with Gasteiger partial charge in [-0.1, -0.05) is 79.7 Å². The van der Waals surface area contributed by atoms with E-state index >= 15 is 0 Å². The fourth-order valence-corrected chi connectivity index (χ4v) is 14.6. The van der Waals surface area contributed by atoms with Gasteiger partial charge in [-0.25, -0.2) is 4.79 Å². The fraction of sp³-hybridized carbons (Fsp3) is 0.785. The van der Waals surface area contributed by atoms with E-state index in [1.807, 2.05) is 34.6 Å². The predicted molar refractivity (Wildman–Crippen MR) is 386 cm³/mol. The van der Waals surface area contributed by atoms with Crippen molar-refractivity contribution in [1.82, 2.24) is 0 Å². The second-order valence-corrected chi connectivity index (χ2v) is 31.6. The molecule has 26 nitrogen and oxygen atoms in total. The van der Waals surface area contributed by atoms with Crippen molar-refractivity contribution < 1.29 is 129 Å².